The highest BCUT2D eigenvalue weighted by molar-refractivity contribution is 6.46. The Morgan fingerprint density at radius 3 is 2.50 bits per heavy atom. The molecule has 5 rings (SSSR count). The van der Waals surface area contributed by atoms with Gasteiger partial charge in [0, 0.05) is 25.0 Å². The zero-order valence-electron chi connectivity index (χ0n) is 23.3. The van der Waals surface area contributed by atoms with Gasteiger partial charge in [0.1, 0.15) is 23.4 Å². The van der Waals surface area contributed by atoms with E-state index in [1.165, 1.54) is 4.90 Å². The summed E-state index contributed by atoms with van der Waals surface area (Å²) in [5.74, 6) is 0.216. The van der Waals surface area contributed by atoms with Crippen LogP contribution in [-0.4, -0.2) is 48.9 Å². The summed E-state index contributed by atoms with van der Waals surface area (Å²) < 4.78 is 11.8. The second-order valence-electron chi connectivity index (χ2n) is 10.5. The average Bonchev–Trinajstić information content (AvgIpc) is 3.46. The molecule has 0 spiro atoms. The number of hydrogen-bond donors (Lipinski definition) is 1. The van der Waals surface area contributed by atoms with E-state index < -0.39 is 23.5 Å². The summed E-state index contributed by atoms with van der Waals surface area (Å²) in [4.78, 5) is 29.9. The van der Waals surface area contributed by atoms with Gasteiger partial charge in [-0.3, -0.25) is 9.59 Å². The number of fused-ring (bicyclic) bond motifs is 1. The van der Waals surface area contributed by atoms with Gasteiger partial charge in [0.15, 0.2) is 0 Å². The van der Waals surface area contributed by atoms with Gasteiger partial charge < -0.3 is 24.4 Å². The van der Waals surface area contributed by atoms with Crippen molar-refractivity contribution in [1.82, 2.24) is 4.90 Å². The van der Waals surface area contributed by atoms with Gasteiger partial charge in [0.05, 0.1) is 25.7 Å². The number of carbonyl (C=O) groups excluding carboxylic acids is 2. The minimum atomic E-state index is -0.790. The van der Waals surface area contributed by atoms with E-state index in [-0.39, 0.29) is 11.7 Å². The zero-order valence-corrected chi connectivity index (χ0v) is 23.3. The second-order valence-corrected chi connectivity index (χ2v) is 10.5. The lowest BCUT2D eigenvalue weighted by molar-refractivity contribution is -0.896. The molecular weight excluding hydrogens is 504 g/mol. The predicted octanol–water partition coefficient (Wildman–Crippen LogP) is 3.34. The minimum absolute atomic E-state index is 0.0102. The fourth-order valence-electron chi connectivity index (χ4n) is 5.64. The van der Waals surface area contributed by atoms with Crippen LogP contribution in [0.25, 0.3) is 5.76 Å². The van der Waals surface area contributed by atoms with Gasteiger partial charge in [-0.2, -0.15) is 0 Å². The molecule has 2 aliphatic heterocycles. The number of carbonyl (C=O) groups is 2. The number of ketones is 1. The van der Waals surface area contributed by atoms with Gasteiger partial charge >= 0.3 is 0 Å². The molecule has 0 bridgehead atoms. The molecule has 7 heteroatoms. The van der Waals surface area contributed by atoms with Gasteiger partial charge in [-0.25, -0.2) is 0 Å². The Balaban J connectivity index is 1.54. The summed E-state index contributed by atoms with van der Waals surface area (Å²) in [5, 5.41) is 14.0. The Kier molecular flexibility index (Phi) is 8.21. The summed E-state index contributed by atoms with van der Waals surface area (Å²) in [7, 11) is 0. The Morgan fingerprint density at radius 1 is 1.00 bits per heavy atom. The van der Waals surface area contributed by atoms with Crippen LogP contribution >= 0.6 is 0 Å². The molecule has 2 atom stereocenters. The zero-order chi connectivity index (χ0) is 28.2. The van der Waals surface area contributed by atoms with Crippen molar-refractivity contribution < 1.29 is 29.1 Å². The van der Waals surface area contributed by atoms with Crippen LogP contribution in [0.5, 0.6) is 17.2 Å². The van der Waals surface area contributed by atoms with E-state index in [1.807, 2.05) is 61.5 Å². The molecule has 2 heterocycles. The van der Waals surface area contributed by atoms with Crippen molar-refractivity contribution in [3.05, 3.63) is 95.1 Å². The lowest BCUT2D eigenvalue weighted by atomic mass is 9.94. The molecule has 7 nitrogen and oxygen atoms in total. The van der Waals surface area contributed by atoms with E-state index in [2.05, 4.69) is 13.8 Å². The molecule has 3 aromatic rings. The molecule has 1 N–H and O–H groups in total. The number of benzene rings is 3. The molecule has 40 heavy (non-hydrogen) atoms. The summed E-state index contributed by atoms with van der Waals surface area (Å²) in [6.07, 6.45) is 1.45. The molecule has 1 amide bonds. The van der Waals surface area contributed by atoms with Crippen LogP contribution in [0.1, 0.15) is 49.9 Å². The highest BCUT2D eigenvalue weighted by atomic mass is 16.5. The van der Waals surface area contributed by atoms with Crippen molar-refractivity contribution in [2.45, 2.75) is 45.8 Å². The van der Waals surface area contributed by atoms with Crippen LogP contribution in [-0.2, 0) is 16.0 Å². The molecule has 3 aromatic carbocycles. The molecule has 0 aromatic heterocycles. The maximum absolute atomic E-state index is 14.0. The predicted molar refractivity (Wildman–Crippen MR) is 151 cm³/mol. The highest BCUT2D eigenvalue weighted by Gasteiger charge is 2.44. The fraction of sp³-hybridized carbons (Fsp3) is 0.333. The first-order valence-electron chi connectivity index (χ1n) is 14.1. The topological polar surface area (TPSA) is 83.3 Å². The Bertz CT molecular complexity index is 1410. The molecule has 0 saturated carbocycles. The van der Waals surface area contributed by atoms with Crippen molar-refractivity contribution in [1.29, 1.82) is 0 Å². The highest BCUT2D eigenvalue weighted by Crippen LogP contribution is 2.41. The van der Waals surface area contributed by atoms with Crippen LogP contribution in [0.3, 0.4) is 0 Å². The molecule has 1 saturated heterocycles. The number of hydrogen-bond acceptors (Lipinski definition) is 5. The number of para-hydroxylation sites is 1. The first-order chi connectivity index (χ1) is 19.4. The quantitative estimate of drug-likeness (QED) is 0.242. The number of nitrogens with zero attached hydrogens (tertiary/aromatic N) is 1. The van der Waals surface area contributed by atoms with Crippen molar-refractivity contribution in [2.75, 3.05) is 26.2 Å². The molecule has 2 unspecified atom stereocenters. The molecule has 0 radical (unpaired) electrons. The van der Waals surface area contributed by atoms with Crippen LogP contribution in [0, 0.1) is 0 Å². The number of likely N-dealkylation sites (tertiary alicyclic amines) is 1. The third-order valence-corrected chi connectivity index (χ3v) is 7.77. The van der Waals surface area contributed by atoms with Gasteiger partial charge in [-0.1, -0.05) is 42.2 Å². The van der Waals surface area contributed by atoms with E-state index in [0.29, 0.717) is 35.6 Å². The fourth-order valence-corrected chi connectivity index (χ4v) is 5.64. The third-order valence-electron chi connectivity index (χ3n) is 7.77. The number of nitrogens with one attached hydrogen (secondary N) is 1. The number of rotatable bonds is 10. The maximum atomic E-state index is 14.0. The van der Waals surface area contributed by atoms with Crippen molar-refractivity contribution in [3.63, 3.8) is 0 Å². The SMILES string of the molecule is CC[NH+](CC)CCCN1C(=O)C(=O)/C(=C(/[O-])c2ccc3c(c2)CC(C)O3)C1c1cccc(Oc2ccccc2)c1. The Labute approximate surface area is 235 Å². The second kappa shape index (κ2) is 12.0. The van der Waals surface area contributed by atoms with Crippen LogP contribution in [0.4, 0.5) is 0 Å². The summed E-state index contributed by atoms with van der Waals surface area (Å²) >= 11 is 0. The average molecular weight is 541 g/mol. The smallest absolute Gasteiger partial charge is 0.295 e. The molecule has 0 aliphatic carbocycles. The van der Waals surface area contributed by atoms with E-state index in [1.54, 1.807) is 23.1 Å². The molecule has 1 fully saturated rings. The molecule has 2 aliphatic rings. The number of ether oxygens (including phenoxy) is 2. The van der Waals surface area contributed by atoms with E-state index >= 15 is 0 Å². The van der Waals surface area contributed by atoms with Crippen LogP contribution < -0.4 is 19.5 Å². The number of amides is 1. The van der Waals surface area contributed by atoms with E-state index in [4.69, 9.17) is 9.47 Å². The first kappa shape index (κ1) is 27.5. The molecule has 208 valence electrons. The van der Waals surface area contributed by atoms with Crippen molar-refractivity contribution >= 4 is 17.4 Å². The van der Waals surface area contributed by atoms with Crippen LogP contribution in [0.2, 0.25) is 0 Å². The van der Waals surface area contributed by atoms with Crippen LogP contribution in [0.15, 0.2) is 78.4 Å². The van der Waals surface area contributed by atoms with Gasteiger partial charge in [-0.05, 0) is 73.9 Å². The van der Waals surface area contributed by atoms with Gasteiger partial charge in [-0.15, -0.1) is 0 Å². The van der Waals surface area contributed by atoms with Gasteiger partial charge in [0.25, 0.3) is 5.91 Å². The third kappa shape index (κ3) is 5.61. The van der Waals surface area contributed by atoms with Crippen molar-refractivity contribution in [2.24, 2.45) is 0 Å². The summed E-state index contributed by atoms with van der Waals surface area (Å²) in [6, 6.07) is 21.2. The lowest BCUT2D eigenvalue weighted by Gasteiger charge is -2.28. The largest absolute Gasteiger partial charge is 0.872 e. The number of Topliss-reactive ketones (excluding diaryl/α,β-unsaturated/α-hetero) is 1. The summed E-state index contributed by atoms with van der Waals surface area (Å²) in [5.41, 5.74) is 1.99. The minimum Gasteiger partial charge on any atom is -0.872 e. The van der Waals surface area contributed by atoms with Gasteiger partial charge in [0.2, 0.25) is 5.78 Å². The van der Waals surface area contributed by atoms with Crippen molar-refractivity contribution in [3.8, 4) is 17.2 Å². The Morgan fingerprint density at radius 2 is 1.75 bits per heavy atom. The Hall–Kier alpha value is -4.10. The maximum Gasteiger partial charge on any atom is 0.295 e. The standard InChI is InChI=1S/C33H36N2O5/c1-4-34(5-2)17-10-18-35-30(23-11-9-14-27(21-23)40-26-12-7-6-8-13-26)29(32(37)33(35)38)31(36)24-15-16-28-25(20-24)19-22(3)39-28/h6-9,11-16,20-22,30,36H,4-5,10,17-19H2,1-3H3/b31-29+. The lowest BCUT2D eigenvalue weighted by Crippen LogP contribution is -3.11. The monoisotopic (exact) mass is 540 g/mol. The normalized spacial score (nSPS) is 19.6. The van der Waals surface area contributed by atoms with E-state index in [0.717, 1.165) is 37.4 Å². The van der Waals surface area contributed by atoms with E-state index in [9.17, 15) is 14.7 Å². The first-order valence-corrected chi connectivity index (χ1v) is 14.1. The number of quaternary nitrogens is 1. The molecular formula is C33H36N2O5. The summed E-state index contributed by atoms with van der Waals surface area (Å²) in [6.45, 7) is 9.49.